The zero-order chi connectivity index (χ0) is 12.3. The number of likely N-dealkylation sites (tertiary alicyclic amines) is 1. The Bertz CT molecular complexity index is 217. The van der Waals surface area contributed by atoms with Gasteiger partial charge in [0.2, 0.25) is 6.30 Å². The minimum absolute atomic E-state index is 0.229. The molecule has 2 heteroatoms. The summed E-state index contributed by atoms with van der Waals surface area (Å²) in [4.78, 5) is 0. The van der Waals surface area contributed by atoms with Gasteiger partial charge in [-0.25, -0.2) is 0 Å². The van der Waals surface area contributed by atoms with E-state index >= 15 is 0 Å². The van der Waals surface area contributed by atoms with E-state index in [0.717, 1.165) is 32.5 Å². The Hall–Kier alpha value is -0.110. The van der Waals surface area contributed by atoms with E-state index in [2.05, 4.69) is 34.6 Å². The predicted octanol–water partition coefficient (Wildman–Crippen LogP) is 3.84. The molecule has 0 N–H and O–H groups in total. The lowest BCUT2D eigenvalue weighted by molar-refractivity contribution is -0.975. The maximum atomic E-state index is 14.5. The van der Waals surface area contributed by atoms with Gasteiger partial charge in [-0.15, -0.1) is 0 Å². The summed E-state index contributed by atoms with van der Waals surface area (Å²) in [6.45, 7) is 14.0. The Morgan fingerprint density at radius 3 is 2.38 bits per heavy atom. The van der Waals surface area contributed by atoms with Gasteiger partial charge in [-0.3, -0.25) is 4.48 Å². The molecular weight excluding hydrogens is 201 g/mol. The van der Waals surface area contributed by atoms with Crippen LogP contribution in [0.1, 0.15) is 47.5 Å². The molecule has 1 aliphatic heterocycles. The van der Waals surface area contributed by atoms with E-state index in [1.54, 1.807) is 0 Å². The molecule has 0 aromatic heterocycles. The van der Waals surface area contributed by atoms with E-state index < -0.39 is 6.30 Å². The SMILES string of the molecule is CCC[N+]1(CC)CC(C(C)C)CC(C)C1F. The predicted molar refractivity (Wildman–Crippen MR) is 67.8 cm³/mol. The monoisotopic (exact) mass is 230 g/mol. The van der Waals surface area contributed by atoms with Crippen molar-refractivity contribution in [3.05, 3.63) is 0 Å². The average molecular weight is 230 g/mol. The Morgan fingerprint density at radius 1 is 1.31 bits per heavy atom. The highest BCUT2D eigenvalue weighted by molar-refractivity contribution is 4.75. The van der Waals surface area contributed by atoms with Crippen LogP contribution in [0.3, 0.4) is 0 Å². The highest BCUT2D eigenvalue weighted by Gasteiger charge is 2.46. The molecule has 0 saturated carbocycles. The summed E-state index contributed by atoms with van der Waals surface area (Å²) in [7, 11) is 0. The third kappa shape index (κ3) is 2.58. The molecule has 96 valence electrons. The minimum Gasteiger partial charge on any atom is -0.294 e. The molecule has 4 atom stereocenters. The van der Waals surface area contributed by atoms with Crippen molar-refractivity contribution in [1.29, 1.82) is 0 Å². The second kappa shape index (κ2) is 5.48. The van der Waals surface area contributed by atoms with E-state index in [4.69, 9.17) is 0 Å². The van der Waals surface area contributed by atoms with E-state index in [1.807, 2.05) is 0 Å². The van der Waals surface area contributed by atoms with Crippen molar-refractivity contribution in [2.24, 2.45) is 17.8 Å². The lowest BCUT2D eigenvalue weighted by Crippen LogP contribution is -2.62. The summed E-state index contributed by atoms with van der Waals surface area (Å²) in [5.74, 6) is 1.62. The fourth-order valence-electron chi connectivity index (χ4n) is 3.38. The van der Waals surface area contributed by atoms with Gasteiger partial charge in [-0.1, -0.05) is 27.7 Å². The van der Waals surface area contributed by atoms with Crippen LogP contribution < -0.4 is 0 Å². The number of hydrogen-bond acceptors (Lipinski definition) is 0. The molecule has 1 fully saturated rings. The van der Waals surface area contributed by atoms with Crippen LogP contribution in [-0.2, 0) is 0 Å². The number of halogens is 1. The molecule has 1 rings (SSSR count). The topological polar surface area (TPSA) is 0 Å². The van der Waals surface area contributed by atoms with E-state index in [1.165, 1.54) is 0 Å². The van der Waals surface area contributed by atoms with Gasteiger partial charge < -0.3 is 0 Å². The van der Waals surface area contributed by atoms with Crippen LogP contribution in [0, 0.1) is 17.8 Å². The smallest absolute Gasteiger partial charge is 0.234 e. The Kier molecular flexibility index (Phi) is 4.78. The van der Waals surface area contributed by atoms with Crippen LogP contribution in [0.15, 0.2) is 0 Å². The number of rotatable bonds is 4. The maximum Gasteiger partial charge on any atom is 0.234 e. The molecule has 0 amide bonds. The summed E-state index contributed by atoms with van der Waals surface area (Å²) in [6, 6.07) is 0. The van der Waals surface area contributed by atoms with Crippen LogP contribution in [0.25, 0.3) is 0 Å². The van der Waals surface area contributed by atoms with Crippen molar-refractivity contribution >= 4 is 0 Å². The van der Waals surface area contributed by atoms with Crippen molar-refractivity contribution in [1.82, 2.24) is 0 Å². The summed E-state index contributed by atoms with van der Waals surface area (Å²) >= 11 is 0. The lowest BCUT2D eigenvalue weighted by atomic mass is 9.81. The second-order valence-corrected chi connectivity index (χ2v) is 6.03. The van der Waals surface area contributed by atoms with Gasteiger partial charge in [-0.2, -0.15) is 4.39 Å². The van der Waals surface area contributed by atoms with E-state index in [0.29, 0.717) is 16.3 Å². The van der Waals surface area contributed by atoms with Crippen molar-refractivity contribution in [3.8, 4) is 0 Å². The van der Waals surface area contributed by atoms with Crippen LogP contribution in [0.4, 0.5) is 4.39 Å². The lowest BCUT2D eigenvalue weighted by Gasteiger charge is -2.49. The van der Waals surface area contributed by atoms with E-state index in [-0.39, 0.29) is 5.92 Å². The minimum atomic E-state index is -0.639. The third-order valence-corrected chi connectivity index (χ3v) is 4.51. The largest absolute Gasteiger partial charge is 0.294 e. The first kappa shape index (κ1) is 14.0. The van der Waals surface area contributed by atoms with Crippen molar-refractivity contribution in [2.45, 2.75) is 53.8 Å². The molecule has 1 aliphatic rings. The summed E-state index contributed by atoms with van der Waals surface area (Å²) in [5.41, 5.74) is 0. The summed E-state index contributed by atoms with van der Waals surface area (Å²) < 4.78 is 15.2. The normalized spacial score (nSPS) is 40.3. The van der Waals surface area contributed by atoms with Crippen molar-refractivity contribution in [2.75, 3.05) is 19.6 Å². The molecule has 4 unspecified atom stereocenters. The number of alkyl halides is 1. The fraction of sp³-hybridized carbons (Fsp3) is 1.00. The maximum absolute atomic E-state index is 14.5. The number of piperidine rings is 1. The number of nitrogens with zero attached hydrogens (tertiary/aromatic N) is 1. The molecule has 0 bridgehead atoms. The highest BCUT2D eigenvalue weighted by atomic mass is 19.1. The molecule has 1 heterocycles. The van der Waals surface area contributed by atoms with Gasteiger partial charge in [0.15, 0.2) is 0 Å². The number of quaternary nitrogens is 1. The first-order valence-electron chi connectivity index (χ1n) is 6.96. The molecule has 0 aliphatic carbocycles. The molecular formula is C14H29FN+. The Morgan fingerprint density at radius 2 is 1.94 bits per heavy atom. The van der Waals surface area contributed by atoms with Gasteiger partial charge in [0.05, 0.1) is 19.6 Å². The second-order valence-electron chi connectivity index (χ2n) is 6.03. The van der Waals surface area contributed by atoms with Crippen molar-refractivity contribution < 1.29 is 8.87 Å². The zero-order valence-corrected chi connectivity index (χ0v) is 11.7. The molecule has 0 radical (unpaired) electrons. The van der Waals surface area contributed by atoms with Gasteiger partial charge in [0.1, 0.15) is 0 Å². The first-order valence-corrected chi connectivity index (χ1v) is 6.96. The van der Waals surface area contributed by atoms with Crippen LogP contribution in [-0.4, -0.2) is 30.4 Å². The Labute approximate surface area is 101 Å². The van der Waals surface area contributed by atoms with Crippen LogP contribution in [0.2, 0.25) is 0 Å². The quantitative estimate of drug-likeness (QED) is 0.508. The Balaban J connectivity index is 2.86. The van der Waals surface area contributed by atoms with Gasteiger partial charge in [-0.05, 0) is 25.7 Å². The highest BCUT2D eigenvalue weighted by Crippen LogP contribution is 2.37. The standard InChI is InChI=1S/C14H29FN/c1-6-8-16(7-2)10-13(11(3)4)9-12(5)14(16)15/h11-14H,6-10H2,1-5H3/q+1. The molecule has 0 aromatic carbocycles. The molecule has 16 heavy (non-hydrogen) atoms. The molecule has 0 aromatic rings. The van der Waals surface area contributed by atoms with Crippen molar-refractivity contribution in [3.63, 3.8) is 0 Å². The van der Waals surface area contributed by atoms with Crippen LogP contribution in [0.5, 0.6) is 0 Å². The first-order chi connectivity index (χ1) is 7.46. The van der Waals surface area contributed by atoms with Gasteiger partial charge >= 0.3 is 0 Å². The van der Waals surface area contributed by atoms with Gasteiger partial charge in [0, 0.05) is 11.8 Å². The van der Waals surface area contributed by atoms with Crippen LogP contribution >= 0.6 is 0 Å². The molecule has 0 spiro atoms. The van der Waals surface area contributed by atoms with E-state index in [9.17, 15) is 4.39 Å². The summed E-state index contributed by atoms with van der Waals surface area (Å²) in [5, 5.41) is 0. The fourth-order valence-corrected chi connectivity index (χ4v) is 3.38. The molecule has 1 saturated heterocycles. The number of hydrogen-bond donors (Lipinski definition) is 0. The van der Waals surface area contributed by atoms with Gasteiger partial charge in [0.25, 0.3) is 0 Å². The third-order valence-electron chi connectivity index (χ3n) is 4.51. The zero-order valence-electron chi connectivity index (χ0n) is 11.7. The molecule has 1 nitrogen and oxygen atoms in total. The average Bonchev–Trinajstić information content (AvgIpc) is 2.24. The summed E-state index contributed by atoms with van der Waals surface area (Å²) in [6.07, 6.45) is 1.52.